The SMILES string of the molecule is CCc1ccccc1Nc1nc(C2CCCN(C(=O)c3ccn[nH]3)C2)c2sccn12. The number of aromatic nitrogens is 4. The molecule has 154 valence electrons. The second kappa shape index (κ2) is 7.95. The Morgan fingerprint density at radius 3 is 3.07 bits per heavy atom. The maximum absolute atomic E-state index is 12.8. The van der Waals surface area contributed by atoms with Gasteiger partial charge in [0.2, 0.25) is 5.95 Å². The largest absolute Gasteiger partial charge is 0.337 e. The summed E-state index contributed by atoms with van der Waals surface area (Å²) in [5.74, 6) is 1.06. The van der Waals surface area contributed by atoms with E-state index in [9.17, 15) is 4.79 Å². The molecule has 30 heavy (non-hydrogen) atoms. The number of piperidine rings is 1. The Labute approximate surface area is 178 Å². The highest BCUT2D eigenvalue weighted by molar-refractivity contribution is 7.15. The zero-order chi connectivity index (χ0) is 20.5. The molecule has 1 aliphatic rings. The van der Waals surface area contributed by atoms with Crippen LogP contribution in [0.25, 0.3) is 4.83 Å². The Morgan fingerprint density at radius 1 is 1.33 bits per heavy atom. The van der Waals surface area contributed by atoms with E-state index in [-0.39, 0.29) is 11.8 Å². The molecule has 4 aromatic rings. The molecule has 5 rings (SSSR count). The number of amides is 1. The minimum Gasteiger partial charge on any atom is -0.337 e. The van der Waals surface area contributed by atoms with Crippen LogP contribution in [0.15, 0.2) is 48.1 Å². The Morgan fingerprint density at radius 2 is 2.23 bits per heavy atom. The molecular weight excluding hydrogens is 396 g/mol. The predicted octanol–water partition coefficient (Wildman–Crippen LogP) is 4.44. The number of aryl methyl sites for hydroxylation is 1. The maximum Gasteiger partial charge on any atom is 0.271 e. The molecule has 0 spiro atoms. The van der Waals surface area contributed by atoms with Crippen LogP contribution >= 0.6 is 11.3 Å². The lowest BCUT2D eigenvalue weighted by Gasteiger charge is -2.31. The monoisotopic (exact) mass is 420 g/mol. The van der Waals surface area contributed by atoms with Crippen LogP contribution in [0, 0.1) is 0 Å². The number of nitrogens with zero attached hydrogens (tertiary/aromatic N) is 4. The molecule has 0 aliphatic carbocycles. The number of likely N-dealkylation sites (tertiary alicyclic amines) is 1. The number of H-pyrrole nitrogens is 1. The second-order valence-electron chi connectivity index (χ2n) is 7.60. The topological polar surface area (TPSA) is 78.3 Å². The van der Waals surface area contributed by atoms with Gasteiger partial charge in [-0.25, -0.2) is 4.98 Å². The fraction of sp³-hybridized carbons (Fsp3) is 0.318. The first-order chi connectivity index (χ1) is 14.7. The number of benzene rings is 1. The summed E-state index contributed by atoms with van der Waals surface area (Å²) in [4.78, 5) is 20.9. The molecule has 4 heterocycles. The normalized spacial score (nSPS) is 16.8. The molecule has 1 unspecified atom stereocenters. The summed E-state index contributed by atoms with van der Waals surface area (Å²) in [7, 11) is 0. The number of fused-ring (bicyclic) bond motifs is 1. The molecule has 1 saturated heterocycles. The van der Waals surface area contributed by atoms with E-state index in [0.29, 0.717) is 12.2 Å². The summed E-state index contributed by atoms with van der Waals surface area (Å²) >= 11 is 1.70. The van der Waals surface area contributed by atoms with E-state index in [1.54, 1.807) is 23.6 Å². The molecule has 0 bridgehead atoms. The zero-order valence-electron chi connectivity index (χ0n) is 16.8. The van der Waals surface area contributed by atoms with Crippen molar-refractivity contribution in [1.82, 2.24) is 24.5 Å². The fourth-order valence-electron chi connectivity index (χ4n) is 4.20. The van der Waals surface area contributed by atoms with Crippen LogP contribution in [0.4, 0.5) is 11.6 Å². The van der Waals surface area contributed by atoms with E-state index in [4.69, 9.17) is 4.98 Å². The lowest BCUT2D eigenvalue weighted by molar-refractivity contribution is 0.0700. The Balaban J connectivity index is 1.43. The Kier molecular flexibility index (Phi) is 5.00. The summed E-state index contributed by atoms with van der Waals surface area (Å²) < 4.78 is 2.13. The van der Waals surface area contributed by atoms with Crippen molar-refractivity contribution in [3.05, 3.63) is 65.1 Å². The molecule has 1 aromatic carbocycles. The van der Waals surface area contributed by atoms with Gasteiger partial charge >= 0.3 is 0 Å². The highest BCUT2D eigenvalue weighted by Gasteiger charge is 2.29. The Hall–Kier alpha value is -3.13. The summed E-state index contributed by atoms with van der Waals surface area (Å²) in [5.41, 5.74) is 3.97. The van der Waals surface area contributed by atoms with Crippen LogP contribution in [-0.4, -0.2) is 43.5 Å². The molecule has 8 heteroatoms. The van der Waals surface area contributed by atoms with Gasteiger partial charge in [-0.2, -0.15) is 5.10 Å². The molecule has 1 atom stereocenters. The quantitative estimate of drug-likeness (QED) is 0.500. The number of imidazole rings is 1. The van der Waals surface area contributed by atoms with Crippen molar-refractivity contribution in [2.75, 3.05) is 18.4 Å². The molecule has 2 N–H and O–H groups in total. The van der Waals surface area contributed by atoms with Gasteiger partial charge in [-0.15, -0.1) is 11.3 Å². The van der Waals surface area contributed by atoms with E-state index >= 15 is 0 Å². The van der Waals surface area contributed by atoms with Gasteiger partial charge in [0.25, 0.3) is 5.91 Å². The van der Waals surface area contributed by atoms with E-state index in [1.807, 2.05) is 11.0 Å². The molecule has 3 aromatic heterocycles. The van der Waals surface area contributed by atoms with Crippen LogP contribution in [0.5, 0.6) is 0 Å². The van der Waals surface area contributed by atoms with Gasteiger partial charge in [0, 0.05) is 42.5 Å². The lowest BCUT2D eigenvalue weighted by atomic mass is 9.95. The number of aromatic amines is 1. The van der Waals surface area contributed by atoms with Gasteiger partial charge in [-0.05, 0) is 37.0 Å². The molecular formula is C22H24N6OS. The third-order valence-corrected chi connectivity index (χ3v) is 6.64. The van der Waals surface area contributed by atoms with E-state index < -0.39 is 0 Å². The Bertz CT molecular complexity index is 1160. The average molecular weight is 421 g/mol. The van der Waals surface area contributed by atoms with Gasteiger partial charge in [-0.3, -0.25) is 14.3 Å². The fourth-order valence-corrected chi connectivity index (χ4v) is 5.11. The first-order valence-corrected chi connectivity index (χ1v) is 11.2. The second-order valence-corrected chi connectivity index (χ2v) is 8.49. The third-order valence-electron chi connectivity index (χ3n) is 5.75. The number of para-hydroxylation sites is 1. The highest BCUT2D eigenvalue weighted by Crippen LogP contribution is 2.34. The van der Waals surface area contributed by atoms with Gasteiger partial charge in [0.05, 0.1) is 5.69 Å². The number of rotatable bonds is 5. The van der Waals surface area contributed by atoms with Crippen molar-refractivity contribution >= 4 is 33.7 Å². The van der Waals surface area contributed by atoms with Gasteiger partial charge in [-0.1, -0.05) is 25.1 Å². The number of carbonyl (C=O) groups excluding carboxylic acids is 1. The van der Waals surface area contributed by atoms with Crippen LogP contribution in [-0.2, 0) is 6.42 Å². The number of carbonyl (C=O) groups is 1. The number of nitrogens with one attached hydrogen (secondary N) is 2. The molecule has 1 amide bonds. The third kappa shape index (κ3) is 3.37. The van der Waals surface area contributed by atoms with Crippen molar-refractivity contribution in [1.29, 1.82) is 0 Å². The van der Waals surface area contributed by atoms with Crippen molar-refractivity contribution in [2.45, 2.75) is 32.1 Å². The van der Waals surface area contributed by atoms with E-state index in [2.05, 4.69) is 56.6 Å². The predicted molar refractivity (Wildman–Crippen MR) is 119 cm³/mol. The van der Waals surface area contributed by atoms with Crippen molar-refractivity contribution in [3.8, 4) is 0 Å². The zero-order valence-corrected chi connectivity index (χ0v) is 17.7. The minimum atomic E-state index is 0.00838. The standard InChI is InChI=1S/C22H24N6OS/c1-2-15-6-3-4-8-17(15)24-22-25-19(21-28(22)12-13-30-21)16-7-5-11-27(14-16)20(29)18-9-10-23-26-18/h3-4,6,8-10,12-13,16H,2,5,7,11,14H2,1H3,(H,23,26)(H,24,25). The minimum absolute atomic E-state index is 0.00838. The van der Waals surface area contributed by atoms with Gasteiger partial charge in [0.1, 0.15) is 10.5 Å². The van der Waals surface area contributed by atoms with Gasteiger partial charge < -0.3 is 10.2 Å². The van der Waals surface area contributed by atoms with Crippen LogP contribution in [0.1, 0.15) is 47.4 Å². The van der Waals surface area contributed by atoms with E-state index in [0.717, 1.165) is 48.0 Å². The summed E-state index contributed by atoms with van der Waals surface area (Å²) in [6.07, 6.45) is 6.63. The smallest absolute Gasteiger partial charge is 0.271 e. The summed E-state index contributed by atoms with van der Waals surface area (Å²) in [6.45, 7) is 3.60. The molecule has 7 nitrogen and oxygen atoms in total. The van der Waals surface area contributed by atoms with E-state index in [1.165, 1.54) is 5.56 Å². The number of anilines is 2. The van der Waals surface area contributed by atoms with Crippen molar-refractivity contribution < 1.29 is 4.79 Å². The molecule has 1 fully saturated rings. The lowest BCUT2D eigenvalue weighted by Crippen LogP contribution is -2.39. The van der Waals surface area contributed by atoms with Gasteiger partial charge in [0.15, 0.2) is 0 Å². The van der Waals surface area contributed by atoms with Crippen LogP contribution in [0.3, 0.4) is 0 Å². The van der Waals surface area contributed by atoms with Crippen LogP contribution in [0.2, 0.25) is 0 Å². The van der Waals surface area contributed by atoms with Crippen molar-refractivity contribution in [3.63, 3.8) is 0 Å². The average Bonchev–Trinajstić information content (AvgIpc) is 3.53. The maximum atomic E-state index is 12.8. The molecule has 0 radical (unpaired) electrons. The number of hydrogen-bond donors (Lipinski definition) is 2. The number of thiazole rings is 1. The number of hydrogen-bond acceptors (Lipinski definition) is 5. The summed E-state index contributed by atoms with van der Waals surface area (Å²) in [5, 5.41) is 12.3. The van der Waals surface area contributed by atoms with Crippen LogP contribution < -0.4 is 5.32 Å². The molecule has 0 saturated carbocycles. The molecule has 1 aliphatic heterocycles. The highest BCUT2D eigenvalue weighted by atomic mass is 32.1. The first-order valence-electron chi connectivity index (χ1n) is 10.3. The van der Waals surface area contributed by atoms with Crippen molar-refractivity contribution in [2.24, 2.45) is 0 Å². The summed E-state index contributed by atoms with van der Waals surface area (Å²) in [6, 6.07) is 10.1. The first kappa shape index (κ1) is 18.9.